The summed E-state index contributed by atoms with van der Waals surface area (Å²) >= 11 is 1.54. The fraction of sp³-hybridized carbons (Fsp3) is 0.375. The van der Waals surface area contributed by atoms with Gasteiger partial charge in [0.15, 0.2) is 0 Å². The van der Waals surface area contributed by atoms with Crippen LogP contribution < -0.4 is 10.1 Å². The van der Waals surface area contributed by atoms with Gasteiger partial charge in [0.2, 0.25) is 0 Å². The molecule has 1 aromatic heterocycles. The molecule has 6 heteroatoms. The van der Waals surface area contributed by atoms with Crippen LogP contribution in [-0.4, -0.2) is 29.6 Å². The molecule has 2 amide bonds. The third-order valence-electron chi connectivity index (χ3n) is 3.92. The number of nitrogens with zero attached hydrogens (tertiary/aromatic N) is 2. The minimum absolute atomic E-state index is 0.0219. The van der Waals surface area contributed by atoms with Crippen LogP contribution in [0.3, 0.4) is 0 Å². The van der Waals surface area contributed by atoms with Gasteiger partial charge in [0.25, 0.3) is 0 Å². The Morgan fingerprint density at radius 1 is 1.45 bits per heavy atom. The van der Waals surface area contributed by atoms with Gasteiger partial charge in [0.1, 0.15) is 5.75 Å². The van der Waals surface area contributed by atoms with Crippen molar-refractivity contribution in [1.82, 2.24) is 15.2 Å². The molecule has 0 bridgehead atoms. The van der Waals surface area contributed by atoms with Crippen molar-refractivity contribution < 1.29 is 9.53 Å². The van der Waals surface area contributed by atoms with Gasteiger partial charge in [-0.05, 0) is 30.5 Å². The highest BCUT2D eigenvalue weighted by atomic mass is 32.1. The molecule has 1 aliphatic rings. The van der Waals surface area contributed by atoms with Crippen molar-refractivity contribution in [2.45, 2.75) is 25.4 Å². The molecule has 1 aromatic carbocycles. The Hall–Kier alpha value is -2.08. The van der Waals surface area contributed by atoms with E-state index in [4.69, 9.17) is 4.74 Å². The third kappa shape index (κ3) is 3.22. The highest BCUT2D eigenvalue weighted by molar-refractivity contribution is 7.07. The number of nitrogens with one attached hydrogen (secondary N) is 1. The molecule has 1 fully saturated rings. The Kier molecular flexibility index (Phi) is 4.58. The second-order valence-electron chi connectivity index (χ2n) is 5.26. The fourth-order valence-corrected chi connectivity index (χ4v) is 3.33. The van der Waals surface area contributed by atoms with E-state index in [0.717, 1.165) is 36.4 Å². The van der Waals surface area contributed by atoms with Crippen molar-refractivity contribution in [2.24, 2.45) is 0 Å². The van der Waals surface area contributed by atoms with Crippen molar-refractivity contribution in [2.75, 3.05) is 13.7 Å². The van der Waals surface area contributed by atoms with E-state index in [1.54, 1.807) is 12.6 Å². The van der Waals surface area contributed by atoms with Crippen molar-refractivity contribution >= 4 is 17.4 Å². The van der Waals surface area contributed by atoms with E-state index in [9.17, 15) is 4.79 Å². The van der Waals surface area contributed by atoms with Crippen LogP contribution in [0.2, 0.25) is 0 Å². The number of likely N-dealkylation sites (tertiary alicyclic amines) is 1. The van der Waals surface area contributed by atoms with Gasteiger partial charge in [-0.2, -0.15) is 0 Å². The molecule has 2 aromatic rings. The molecule has 0 radical (unpaired) electrons. The first-order chi connectivity index (χ1) is 10.8. The summed E-state index contributed by atoms with van der Waals surface area (Å²) in [4.78, 5) is 18.5. The van der Waals surface area contributed by atoms with Crippen LogP contribution in [0.5, 0.6) is 5.75 Å². The topological polar surface area (TPSA) is 54.5 Å². The zero-order chi connectivity index (χ0) is 15.4. The number of thiazole rings is 1. The number of benzene rings is 1. The molecule has 0 spiro atoms. The van der Waals surface area contributed by atoms with Crippen LogP contribution in [0.15, 0.2) is 35.2 Å². The van der Waals surface area contributed by atoms with E-state index in [0.29, 0.717) is 6.54 Å². The quantitative estimate of drug-likeness (QED) is 0.942. The van der Waals surface area contributed by atoms with Gasteiger partial charge in [-0.3, -0.25) is 0 Å². The maximum atomic E-state index is 12.4. The minimum Gasteiger partial charge on any atom is -0.497 e. The number of carbonyl (C=O) groups excluding carboxylic acids is 1. The largest absolute Gasteiger partial charge is 0.497 e. The summed E-state index contributed by atoms with van der Waals surface area (Å²) in [5.74, 6) is 0.835. The molecule has 116 valence electrons. The number of hydrogen-bond donors (Lipinski definition) is 1. The molecule has 1 unspecified atom stereocenters. The van der Waals surface area contributed by atoms with Gasteiger partial charge in [0, 0.05) is 11.9 Å². The van der Waals surface area contributed by atoms with Crippen molar-refractivity contribution in [1.29, 1.82) is 0 Å². The third-order valence-corrected chi connectivity index (χ3v) is 4.55. The Morgan fingerprint density at radius 3 is 2.95 bits per heavy atom. The maximum absolute atomic E-state index is 12.4. The SMILES string of the molecule is COc1ccc(C2CCCN2C(=O)NCc2cscn2)cc1. The predicted octanol–water partition coefficient (Wildman–Crippen LogP) is 3.20. The minimum atomic E-state index is -0.0219. The number of hydrogen-bond acceptors (Lipinski definition) is 4. The molecular weight excluding hydrogens is 298 g/mol. The number of methoxy groups -OCH3 is 1. The summed E-state index contributed by atoms with van der Waals surface area (Å²) in [6.07, 6.45) is 2.03. The van der Waals surface area contributed by atoms with E-state index < -0.39 is 0 Å². The lowest BCUT2D eigenvalue weighted by Gasteiger charge is -2.25. The molecule has 0 saturated carbocycles. The molecule has 22 heavy (non-hydrogen) atoms. The predicted molar refractivity (Wildman–Crippen MR) is 86.0 cm³/mol. The summed E-state index contributed by atoms with van der Waals surface area (Å²) < 4.78 is 5.19. The van der Waals surface area contributed by atoms with Crippen LogP contribution in [0.4, 0.5) is 4.79 Å². The number of aromatic nitrogens is 1. The van der Waals surface area contributed by atoms with Crippen molar-refractivity contribution in [3.63, 3.8) is 0 Å². The number of urea groups is 1. The number of amides is 2. The van der Waals surface area contributed by atoms with Crippen LogP contribution in [0.1, 0.15) is 30.1 Å². The first-order valence-electron chi connectivity index (χ1n) is 7.33. The smallest absolute Gasteiger partial charge is 0.318 e. The first-order valence-corrected chi connectivity index (χ1v) is 8.27. The van der Waals surface area contributed by atoms with Crippen LogP contribution in [0, 0.1) is 0 Å². The van der Waals surface area contributed by atoms with Gasteiger partial charge in [-0.25, -0.2) is 9.78 Å². The van der Waals surface area contributed by atoms with E-state index in [-0.39, 0.29) is 12.1 Å². The first kappa shape index (κ1) is 14.8. The van der Waals surface area contributed by atoms with Crippen LogP contribution in [0.25, 0.3) is 0 Å². The number of rotatable bonds is 4. The Balaban J connectivity index is 1.65. The molecule has 1 atom stereocenters. The second-order valence-corrected chi connectivity index (χ2v) is 5.98. The average molecular weight is 317 g/mol. The number of ether oxygens (including phenoxy) is 1. The second kappa shape index (κ2) is 6.79. The number of carbonyl (C=O) groups is 1. The molecular formula is C16H19N3O2S. The normalized spacial score (nSPS) is 17.5. The molecule has 3 rings (SSSR count). The van der Waals surface area contributed by atoms with E-state index in [2.05, 4.69) is 10.3 Å². The summed E-state index contributed by atoms with van der Waals surface area (Å²) in [7, 11) is 1.66. The Bertz CT molecular complexity index is 613. The van der Waals surface area contributed by atoms with Crippen LogP contribution >= 0.6 is 11.3 Å². The lowest BCUT2D eigenvalue weighted by atomic mass is 10.0. The van der Waals surface area contributed by atoms with E-state index in [1.165, 1.54) is 11.3 Å². The standard InChI is InChI=1S/C16H19N3O2S/c1-21-14-6-4-12(5-7-14)15-3-2-8-19(15)16(20)17-9-13-10-22-11-18-13/h4-7,10-11,15H,2-3,8-9H2,1H3,(H,17,20). The van der Waals surface area contributed by atoms with E-state index >= 15 is 0 Å². The highest BCUT2D eigenvalue weighted by Gasteiger charge is 2.29. The zero-order valence-corrected chi connectivity index (χ0v) is 13.3. The average Bonchev–Trinajstić information content (AvgIpc) is 3.24. The summed E-state index contributed by atoms with van der Waals surface area (Å²) in [5, 5.41) is 4.91. The monoisotopic (exact) mass is 317 g/mol. The van der Waals surface area contributed by atoms with Gasteiger partial charge < -0.3 is 15.0 Å². The van der Waals surface area contributed by atoms with E-state index in [1.807, 2.05) is 34.5 Å². The van der Waals surface area contributed by atoms with Gasteiger partial charge in [0.05, 0.1) is 30.9 Å². The highest BCUT2D eigenvalue weighted by Crippen LogP contribution is 2.32. The summed E-state index contributed by atoms with van der Waals surface area (Å²) in [6.45, 7) is 1.27. The van der Waals surface area contributed by atoms with Crippen molar-refractivity contribution in [3.8, 4) is 5.75 Å². The molecule has 2 heterocycles. The Labute approximate surface area is 133 Å². The molecule has 0 aliphatic carbocycles. The maximum Gasteiger partial charge on any atom is 0.318 e. The molecule has 1 N–H and O–H groups in total. The fourth-order valence-electron chi connectivity index (χ4n) is 2.77. The molecule has 5 nitrogen and oxygen atoms in total. The molecule has 1 aliphatic heterocycles. The Morgan fingerprint density at radius 2 is 2.27 bits per heavy atom. The lowest BCUT2D eigenvalue weighted by molar-refractivity contribution is 0.192. The zero-order valence-electron chi connectivity index (χ0n) is 12.5. The van der Waals surface area contributed by atoms with Crippen molar-refractivity contribution in [3.05, 3.63) is 46.4 Å². The molecule has 1 saturated heterocycles. The summed E-state index contributed by atoms with van der Waals surface area (Å²) in [5.41, 5.74) is 3.83. The summed E-state index contributed by atoms with van der Waals surface area (Å²) in [6, 6.07) is 8.08. The lowest BCUT2D eigenvalue weighted by Crippen LogP contribution is -2.39. The van der Waals surface area contributed by atoms with Gasteiger partial charge >= 0.3 is 6.03 Å². The van der Waals surface area contributed by atoms with Gasteiger partial charge in [-0.15, -0.1) is 11.3 Å². The van der Waals surface area contributed by atoms with Crippen LogP contribution in [-0.2, 0) is 6.54 Å². The van der Waals surface area contributed by atoms with Gasteiger partial charge in [-0.1, -0.05) is 12.1 Å².